The molecule has 2 aromatic rings. The lowest BCUT2D eigenvalue weighted by molar-refractivity contribution is -0.121. The second kappa shape index (κ2) is 9.26. The van der Waals surface area contributed by atoms with E-state index in [-0.39, 0.29) is 24.4 Å². The van der Waals surface area contributed by atoms with Crippen molar-refractivity contribution >= 4 is 11.8 Å². The van der Waals surface area contributed by atoms with Gasteiger partial charge in [-0.1, -0.05) is 30.3 Å². The molecule has 1 aliphatic rings. The third kappa shape index (κ3) is 5.25. The van der Waals surface area contributed by atoms with Gasteiger partial charge in [-0.05, 0) is 48.9 Å². The number of benzene rings is 2. The quantitative estimate of drug-likeness (QED) is 0.699. The molecule has 0 spiro atoms. The van der Waals surface area contributed by atoms with Gasteiger partial charge in [-0.2, -0.15) is 0 Å². The number of rotatable bonds is 9. The Kier molecular flexibility index (Phi) is 6.53. The van der Waals surface area contributed by atoms with Crippen molar-refractivity contribution in [1.82, 2.24) is 10.6 Å². The van der Waals surface area contributed by atoms with E-state index in [9.17, 15) is 9.59 Å². The van der Waals surface area contributed by atoms with Crippen molar-refractivity contribution in [3.63, 3.8) is 0 Å². The summed E-state index contributed by atoms with van der Waals surface area (Å²) in [5.41, 5.74) is 1.61. The van der Waals surface area contributed by atoms with E-state index in [0.29, 0.717) is 23.0 Å². The van der Waals surface area contributed by atoms with Crippen molar-refractivity contribution in [3.8, 4) is 11.5 Å². The Bertz CT molecular complexity index is 819. The normalized spacial score (nSPS) is 14.1. The van der Waals surface area contributed by atoms with E-state index in [0.717, 1.165) is 19.3 Å². The maximum Gasteiger partial charge on any atom is 0.251 e. The molecule has 6 heteroatoms. The van der Waals surface area contributed by atoms with E-state index in [1.807, 2.05) is 18.2 Å². The first kappa shape index (κ1) is 19.7. The molecule has 2 aromatic carbocycles. The van der Waals surface area contributed by atoms with Crippen LogP contribution in [0.3, 0.4) is 0 Å². The lowest BCUT2D eigenvalue weighted by Gasteiger charge is -2.19. The molecule has 1 fully saturated rings. The topological polar surface area (TPSA) is 76.7 Å². The summed E-state index contributed by atoms with van der Waals surface area (Å²) in [5, 5.41) is 5.75. The number of hydrogen-bond donors (Lipinski definition) is 2. The lowest BCUT2D eigenvalue weighted by Crippen LogP contribution is -2.43. The number of carbonyl (C=O) groups is 2. The van der Waals surface area contributed by atoms with Gasteiger partial charge in [-0.25, -0.2) is 0 Å². The van der Waals surface area contributed by atoms with Crippen LogP contribution in [-0.2, 0) is 11.2 Å². The molecule has 6 nitrogen and oxygen atoms in total. The molecule has 1 saturated carbocycles. The average Bonchev–Trinajstić information content (AvgIpc) is 3.57. The van der Waals surface area contributed by atoms with E-state index in [4.69, 9.17) is 9.47 Å². The van der Waals surface area contributed by atoms with Gasteiger partial charge in [0.25, 0.3) is 5.91 Å². The van der Waals surface area contributed by atoms with Gasteiger partial charge >= 0.3 is 0 Å². The Balaban J connectivity index is 1.53. The highest BCUT2D eigenvalue weighted by Gasteiger charge is 2.32. The molecule has 2 N–H and O–H groups in total. The molecule has 0 aromatic heterocycles. The first-order chi connectivity index (χ1) is 13.6. The summed E-state index contributed by atoms with van der Waals surface area (Å²) in [4.78, 5) is 24.7. The highest BCUT2D eigenvalue weighted by atomic mass is 16.5. The maximum atomic E-state index is 12.4. The Hall–Kier alpha value is -3.02. The highest BCUT2D eigenvalue weighted by molar-refractivity contribution is 5.97. The van der Waals surface area contributed by atoms with Gasteiger partial charge in [0.2, 0.25) is 5.91 Å². The predicted molar refractivity (Wildman–Crippen MR) is 107 cm³/mol. The van der Waals surface area contributed by atoms with Gasteiger partial charge in [0, 0.05) is 11.6 Å². The molecule has 0 radical (unpaired) electrons. The molecule has 0 heterocycles. The van der Waals surface area contributed by atoms with Crippen LogP contribution in [0.15, 0.2) is 48.5 Å². The number of nitrogens with one attached hydrogen (secondary N) is 2. The van der Waals surface area contributed by atoms with Gasteiger partial charge < -0.3 is 20.1 Å². The van der Waals surface area contributed by atoms with Gasteiger partial charge in [0.15, 0.2) is 11.5 Å². The van der Waals surface area contributed by atoms with Crippen LogP contribution >= 0.6 is 0 Å². The largest absolute Gasteiger partial charge is 0.493 e. The summed E-state index contributed by atoms with van der Waals surface area (Å²) < 4.78 is 10.4. The first-order valence-corrected chi connectivity index (χ1v) is 9.44. The number of hydrogen-bond acceptors (Lipinski definition) is 4. The number of ether oxygens (including phenoxy) is 2. The number of methoxy groups -OCH3 is 2. The van der Waals surface area contributed by atoms with Crippen LogP contribution in [0.2, 0.25) is 0 Å². The zero-order chi connectivity index (χ0) is 19.9. The number of carbonyl (C=O) groups excluding carboxylic acids is 2. The van der Waals surface area contributed by atoms with Crippen molar-refractivity contribution in [2.75, 3.05) is 20.8 Å². The molecule has 1 unspecified atom stereocenters. The molecule has 1 atom stereocenters. The van der Waals surface area contributed by atoms with Crippen molar-refractivity contribution in [3.05, 3.63) is 59.7 Å². The summed E-state index contributed by atoms with van der Waals surface area (Å²) in [6.45, 7) is -0.0643. The van der Waals surface area contributed by atoms with Crippen LogP contribution in [0.4, 0.5) is 0 Å². The summed E-state index contributed by atoms with van der Waals surface area (Å²) in [6.07, 6.45) is 3.08. The summed E-state index contributed by atoms with van der Waals surface area (Å²) in [6, 6.07) is 15.1. The third-order valence-corrected chi connectivity index (χ3v) is 4.89. The lowest BCUT2D eigenvalue weighted by atomic mass is 10.0. The SMILES string of the molecule is COc1ccc(C(=O)NCC(=O)NC(Cc2ccccc2)C2CC2)cc1OC. The maximum absolute atomic E-state index is 12.4. The molecule has 0 saturated heterocycles. The Labute approximate surface area is 165 Å². The van der Waals surface area contributed by atoms with Crippen LogP contribution in [0, 0.1) is 5.92 Å². The van der Waals surface area contributed by atoms with Crippen LogP contribution in [0.5, 0.6) is 11.5 Å². The minimum Gasteiger partial charge on any atom is -0.493 e. The third-order valence-electron chi connectivity index (χ3n) is 4.89. The van der Waals surface area contributed by atoms with Gasteiger partial charge in [0.1, 0.15) is 0 Å². The van der Waals surface area contributed by atoms with Crippen LogP contribution in [-0.4, -0.2) is 38.6 Å². The molecule has 0 bridgehead atoms. The summed E-state index contributed by atoms with van der Waals surface area (Å²) in [5.74, 6) is 1.02. The molecular weight excluding hydrogens is 356 g/mol. The first-order valence-electron chi connectivity index (χ1n) is 9.44. The molecule has 3 rings (SSSR count). The number of amides is 2. The van der Waals surface area contributed by atoms with E-state index in [1.54, 1.807) is 18.2 Å². The van der Waals surface area contributed by atoms with Gasteiger partial charge in [-0.3, -0.25) is 9.59 Å². The van der Waals surface area contributed by atoms with E-state index in [1.165, 1.54) is 19.8 Å². The van der Waals surface area contributed by atoms with Crippen molar-refractivity contribution in [1.29, 1.82) is 0 Å². The van der Waals surface area contributed by atoms with Crippen molar-refractivity contribution in [2.24, 2.45) is 5.92 Å². The van der Waals surface area contributed by atoms with E-state index >= 15 is 0 Å². The fourth-order valence-electron chi connectivity index (χ4n) is 3.20. The molecule has 1 aliphatic carbocycles. The standard InChI is InChI=1S/C22H26N2O4/c1-27-19-11-10-17(13-20(19)28-2)22(26)23-14-21(25)24-18(16-8-9-16)12-15-6-4-3-5-7-15/h3-7,10-11,13,16,18H,8-9,12,14H2,1-2H3,(H,23,26)(H,24,25). The van der Waals surface area contributed by atoms with E-state index < -0.39 is 0 Å². The molecule has 2 amide bonds. The van der Waals surface area contributed by atoms with Crippen LogP contribution < -0.4 is 20.1 Å². The molecular formula is C22H26N2O4. The van der Waals surface area contributed by atoms with Gasteiger partial charge in [-0.15, -0.1) is 0 Å². The second-order valence-electron chi connectivity index (χ2n) is 6.95. The van der Waals surface area contributed by atoms with Crippen molar-refractivity contribution in [2.45, 2.75) is 25.3 Å². The summed E-state index contributed by atoms with van der Waals surface area (Å²) in [7, 11) is 3.05. The highest BCUT2D eigenvalue weighted by Crippen LogP contribution is 2.34. The zero-order valence-electron chi connectivity index (χ0n) is 16.2. The Morgan fingerprint density at radius 3 is 2.39 bits per heavy atom. The van der Waals surface area contributed by atoms with Crippen LogP contribution in [0.25, 0.3) is 0 Å². The second-order valence-corrected chi connectivity index (χ2v) is 6.95. The average molecular weight is 382 g/mol. The van der Waals surface area contributed by atoms with E-state index in [2.05, 4.69) is 22.8 Å². The predicted octanol–water partition coefficient (Wildman–Crippen LogP) is 2.57. The van der Waals surface area contributed by atoms with Crippen LogP contribution in [0.1, 0.15) is 28.8 Å². The molecule has 0 aliphatic heterocycles. The fourth-order valence-corrected chi connectivity index (χ4v) is 3.20. The van der Waals surface area contributed by atoms with Gasteiger partial charge in [0.05, 0.1) is 20.8 Å². The molecule has 148 valence electrons. The zero-order valence-corrected chi connectivity index (χ0v) is 16.2. The smallest absolute Gasteiger partial charge is 0.251 e. The Morgan fingerprint density at radius 2 is 1.75 bits per heavy atom. The van der Waals surface area contributed by atoms with Crippen molar-refractivity contribution < 1.29 is 19.1 Å². The summed E-state index contributed by atoms with van der Waals surface area (Å²) >= 11 is 0. The fraction of sp³-hybridized carbons (Fsp3) is 0.364. The monoisotopic (exact) mass is 382 g/mol. The Morgan fingerprint density at radius 1 is 1.04 bits per heavy atom. The minimum atomic E-state index is -0.331. The molecule has 28 heavy (non-hydrogen) atoms. The minimum absolute atomic E-state index is 0.0643.